The second-order valence-electron chi connectivity index (χ2n) is 26.2. The van der Waals surface area contributed by atoms with Crippen LogP contribution in [-0.2, 0) is 65.4 Å². The van der Waals surface area contributed by atoms with Gasteiger partial charge in [-0.15, -0.1) is 0 Å². The van der Waals surface area contributed by atoms with Gasteiger partial charge in [0, 0.05) is 25.7 Å². The topological polar surface area (TPSA) is 237 Å². The fraction of sp³-hybridized carbons (Fsp3) is 0.632. The molecule has 0 rings (SSSR count). The lowest BCUT2D eigenvalue weighted by atomic mass is 10.1. The van der Waals surface area contributed by atoms with Crippen molar-refractivity contribution < 1.29 is 80.2 Å². The van der Waals surface area contributed by atoms with Crippen molar-refractivity contribution in [2.75, 3.05) is 39.6 Å². The Kier molecular flexibility index (Phi) is 73.5. The molecule has 0 aromatic heterocycles. The number of phosphoric ester groups is 2. The molecule has 17 nitrogen and oxygen atoms in total. The van der Waals surface area contributed by atoms with Gasteiger partial charge in [-0.1, -0.05) is 275 Å². The summed E-state index contributed by atoms with van der Waals surface area (Å²) in [7, 11) is -10.0. The largest absolute Gasteiger partial charge is 0.472 e. The molecule has 0 bridgehead atoms. The molecule has 19 heteroatoms. The van der Waals surface area contributed by atoms with Gasteiger partial charge in [-0.3, -0.25) is 37.3 Å². The maximum absolute atomic E-state index is 13.1. The molecular formula is C87H142O17P2. The van der Waals surface area contributed by atoms with Crippen LogP contribution in [0.4, 0.5) is 0 Å². The van der Waals surface area contributed by atoms with E-state index >= 15 is 0 Å². The van der Waals surface area contributed by atoms with E-state index in [0.29, 0.717) is 32.1 Å². The van der Waals surface area contributed by atoms with Crippen LogP contribution in [0.1, 0.15) is 297 Å². The lowest BCUT2D eigenvalue weighted by Gasteiger charge is -2.21. The Morgan fingerprint density at radius 3 is 0.792 bits per heavy atom. The summed E-state index contributed by atoms with van der Waals surface area (Å²) in [6, 6.07) is 0. The van der Waals surface area contributed by atoms with Gasteiger partial charge in [0.25, 0.3) is 0 Å². The Morgan fingerprint density at radius 1 is 0.274 bits per heavy atom. The Balaban J connectivity index is 5.46. The molecule has 5 unspecified atom stereocenters. The summed E-state index contributed by atoms with van der Waals surface area (Å²) in [5, 5.41) is 10.6. The van der Waals surface area contributed by atoms with Crippen molar-refractivity contribution in [3.63, 3.8) is 0 Å². The minimum atomic E-state index is -5.00. The van der Waals surface area contributed by atoms with Crippen LogP contribution in [0.25, 0.3) is 0 Å². The normalized spacial score (nSPS) is 14.7. The SMILES string of the molecule is CC/C=C\C/C=C\C/C=C\C/C=C\C/C=C\CCCC(=O)OCC(COP(=O)(O)OCC(O)COP(=O)(O)OCC(COC(=O)CCCCCCCC/C=C\C/C=C\C/C=C\CCCCC)OC(=O)CCCCCCC/C=C\C/C=C\C/C=C\CC)OC(=O)CCCCCCC/C=C\C/C=C\C/C=C\CC. The predicted molar refractivity (Wildman–Crippen MR) is 436 cm³/mol. The van der Waals surface area contributed by atoms with Gasteiger partial charge < -0.3 is 33.8 Å². The number of phosphoric acid groups is 2. The van der Waals surface area contributed by atoms with Gasteiger partial charge in [0.1, 0.15) is 19.3 Å². The summed E-state index contributed by atoms with van der Waals surface area (Å²) < 4.78 is 68.6. The monoisotopic (exact) mass is 1520 g/mol. The summed E-state index contributed by atoms with van der Waals surface area (Å²) >= 11 is 0. The van der Waals surface area contributed by atoms with Crippen LogP contribution in [-0.4, -0.2) is 96.7 Å². The van der Waals surface area contributed by atoms with E-state index in [-0.39, 0.29) is 25.7 Å². The van der Waals surface area contributed by atoms with E-state index in [1.54, 1.807) is 0 Å². The van der Waals surface area contributed by atoms with Gasteiger partial charge in [-0.05, 0) is 167 Å². The van der Waals surface area contributed by atoms with Crippen molar-refractivity contribution >= 4 is 39.5 Å². The van der Waals surface area contributed by atoms with E-state index in [0.717, 1.165) is 193 Å². The second kappa shape index (κ2) is 77.6. The fourth-order valence-corrected chi connectivity index (χ4v) is 11.7. The molecule has 602 valence electrons. The average Bonchev–Trinajstić information content (AvgIpc) is 0.928. The maximum Gasteiger partial charge on any atom is 0.472 e. The summed E-state index contributed by atoms with van der Waals surface area (Å²) in [6.07, 6.45) is 91.9. The molecule has 0 radical (unpaired) electrons. The minimum Gasteiger partial charge on any atom is -0.462 e. The van der Waals surface area contributed by atoms with Crippen LogP contribution in [0.3, 0.4) is 0 Å². The molecule has 0 aliphatic heterocycles. The number of aliphatic hydroxyl groups is 1. The van der Waals surface area contributed by atoms with Crippen LogP contribution >= 0.6 is 15.6 Å². The number of carbonyl (C=O) groups excluding carboxylic acids is 4. The van der Waals surface area contributed by atoms with Crippen molar-refractivity contribution in [3.05, 3.63) is 170 Å². The molecule has 0 fully saturated rings. The zero-order valence-corrected chi connectivity index (χ0v) is 67.6. The second-order valence-corrected chi connectivity index (χ2v) is 29.1. The number of hydrogen-bond donors (Lipinski definition) is 3. The number of allylic oxidation sites excluding steroid dienone is 28. The van der Waals surface area contributed by atoms with Gasteiger partial charge in [0.2, 0.25) is 0 Å². The van der Waals surface area contributed by atoms with E-state index in [1.165, 1.54) is 19.3 Å². The highest BCUT2D eigenvalue weighted by Gasteiger charge is 2.30. The number of ether oxygens (including phenoxy) is 4. The Bertz CT molecular complexity index is 2680. The first-order chi connectivity index (χ1) is 51.7. The number of hydrogen-bond acceptors (Lipinski definition) is 15. The zero-order valence-electron chi connectivity index (χ0n) is 65.8. The Labute approximate surface area is 642 Å². The smallest absolute Gasteiger partial charge is 0.462 e. The van der Waals surface area contributed by atoms with Gasteiger partial charge in [0.05, 0.1) is 26.4 Å². The first-order valence-electron chi connectivity index (χ1n) is 40.4. The minimum absolute atomic E-state index is 0.0567. The first kappa shape index (κ1) is 100. The van der Waals surface area contributed by atoms with Gasteiger partial charge in [-0.2, -0.15) is 0 Å². The lowest BCUT2D eigenvalue weighted by molar-refractivity contribution is -0.161. The predicted octanol–water partition coefficient (Wildman–Crippen LogP) is 23.8. The summed E-state index contributed by atoms with van der Waals surface area (Å²) in [5.74, 6) is -2.30. The molecule has 0 heterocycles. The standard InChI is InChI=1S/C87H142O17P2/c1-5-9-13-17-21-25-29-33-37-39-40-42-46-48-52-56-60-64-68-72-85(90)98-78-83(104-87(92)74-70-66-62-58-54-50-44-36-32-28-24-20-16-12-8-4)80-102-106(95,96)100-76-81(88)75-99-105(93,94)101-79-82(103-86(91)73-69-65-61-57-53-49-43-35-31-27-23-19-15-11-7-3)77-97-84(89)71-67-63-59-55-51-47-45-41-38-34-30-26-22-18-14-10-6-2/h10-12,14-16,21-28,33-38,40,42-45,47,55,59,81-83,88H,5-9,13,17-20,29-32,39,41,46,48-54,56-58,60-80H2,1-4H3,(H,93,94)(H,95,96)/b14-10-,15-11-,16-12-,25-21-,26-22-,27-23-,28-24-,37-33-,38-34-,42-40-,43-35-,44-36-,47-45-,59-55-. The molecule has 0 amide bonds. The van der Waals surface area contributed by atoms with Gasteiger partial charge in [0.15, 0.2) is 12.2 Å². The Morgan fingerprint density at radius 2 is 0.500 bits per heavy atom. The molecule has 0 saturated heterocycles. The summed E-state index contributed by atoms with van der Waals surface area (Å²) in [5.41, 5.74) is 0. The maximum atomic E-state index is 13.1. The quantitative estimate of drug-likeness (QED) is 0.0169. The average molecular weight is 1520 g/mol. The van der Waals surface area contributed by atoms with E-state index in [4.69, 9.17) is 37.0 Å². The van der Waals surface area contributed by atoms with Crippen molar-refractivity contribution in [2.24, 2.45) is 0 Å². The van der Waals surface area contributed by atoms with E-state index in [2.05, 4.69) is 186 Å². The van der Waals surface area contributed by atoms with Crippen molar-refractivity contribution in [1.82, 2.24) is 0 Å². The molecular weight excluding hydrogens is 1380 g/mol. The van der Waals surface area contributed by atoms with Crippen LogP contribution in [0.2, 0.25) is 0 Å². The molecule has 0 aromatic rings. The fourth-order valence-electron chi connectivity index (χ4n) is 10.1. The molecule has 0 aromatic carbocycles. The molecule has 0 aliphatic carbocycles. The molecule has 0 spiro atoms. The van der Waals surface area contributed by atoms with Gasteiger partial charge in [-0.25, -0.2) is 9.13 Å². The van der Waals surface area contributed by atoms with Crippen LogP contribution in [0.5, 0.6) is 0 Å². The number of rotatable bonds is 74. The van der Waals surface area contributed by atoms with E-state index < -0.39 is 97.5 Å². The Hall–Kier alpha value is -5.58. The number of carbonyl (C=O) groups is 4. The van der Waals surface area contributed by atoms with Crippen molar-refractivity contribution in [1.29, 1.82) is 0 Å². The van der Waals surface area contributed by atoms with E-state index in [9.17, 15) is 43.2 Å². The first-order valence-corrected chi connectivity index (χ1v) is 43.4. The number of esters is 4. The highest BCUT2D eigenvalue weighted by Crippen LogP contribution is 2.45. The molecule has 0 aliphatic rings. The highest BCUT2D eigenvalue weighted by molar-refractivity contribution is 7.47. The number of unbranched alkanes of at least 4 members (excludes halogenated alkanes) is 20. The third-order valence-corrected chi connectivity index (χ3v) is 18.1. The molecule has 5 atom stereocenters. The lowest BCUT2D eigenvalue weighted by Crippen LogP contribution is -2.30. The molecule has 106 heavy (non-hydrogen) atoms. The summed E-state index contributed by atoms with van der Waals surface area (Å²) in [4.78, 5) is 73.1. The van der Waals surface area contributed by atoms with Crippen LogP contribution in [0.15, 0.2) is 170 Å². The zero-order chi connectivity index (χ0) is 77.4. The van der Waals surface area contributed by atoms with Crippen molar-refractivity contribution in [3.8, 4) is 0 Å². The molecule has 0 saturated carbocycles. The van der Waals surface area contributed by atoms with Crippen LogP contribution in [0, 0.1) is 0 Å². The number of aliphatic hydroxyl groups excluding tert-OH is 1. The highest BCUT2D eigenvalue weighted by atomic mass is 31.2. The summed E-state index contributed by atoms with van der Waals surface area (Å²) in [6.45, 7) is 4.38. The molecule has 3 N–H and O–H groups in total. The van der Waals surface area contributed by atoms with Crippen molar-refractivity contribution in [2.45, 2.75) is 316 Å². The van der Waals surface area contributed by atoms with Gasteiger partial charge >= 0.3 is 39.5 Å². The third kappa shape index (κ3) is 76.6. The third-order valence-electron chi connectivity index (χ3n) is 16.2. The van der Waals surface area contributed by atoms with Crippen LogP contribution < -0.4 is 0 Å². The van der Waals surface area contributed by atoms with E-state index in [1.807, 2.05) is 12.2 Å².